The predicted octanol–water partition coefficient (Wildman–Crippen LogP) is 5.30. The van der Waals surface area contributed by atoms with E-state index in [0.29, 0.717) is 17.4 Å². The van der Waals surface area contributed by atoms with Crippen molar-refractivity contribution in [3.63, 3.8) is 0 Å². The van der Waals surface area contributed by atoms with E-state index < -0.39 is 0 Å². The highest BCUT2D eigenvalue weighted by Gasteiger charge is 2.39. The molecule has 2 atom stereocenters. The molecule has 2 unspecified atom stereocenters. The zero-order valence-corrected chi connectivity index (χ0v) is 13.5. The lowest BCUT2D eigenvalue weighted by Gasteiger charge is -2.42. The van der Waals surface area contributed by atoms with Crippen LogP contribution in [0.25, 0.3) is 11.0 Å². The lowest BCUT2D eigenvalue weighted by atomic mass is 9.65. The SMILES string of the molecule is CCNC(c1cc2ccccc2o1)C1CCCCC1(C)C. The summed E-state index contributed by atoms with van der Waals surface area (Å²) in [6.45, 7) is 8.01. The minimum atomic E-state index is 0.331. The molecule has 0 radical (unpaired) electrons. The molecule has 1 saturated carbocycles. The molecular weight excluding hydrogens is 258 g/mol. The summed E-state index contributed by atoms with van der Waals surface area (Å²) in [6, 6.07) is 10.9. The molecule has 0 aliphatic heterocycles. The summed E-state index contributed by atoms with van der Waals surface area (Å²) in [6.07, 6.45) is 5.32. The van der Waals surface area contributed by atoms with E-state index >= 15 is 0 Å². The van der Waals surface area contributed by atoms with Crippen LogP contribution in [0.15, 0.2) is 34.7 Å². The molecule has 1 fully saturated rings. The molecular formula is C19H27NO. The van der Waals surface area contributed by atoms with Gasteiger partial charge in [0, 0.05) is 5.39 Å². The molecule has 1 N–H and O–H groups in total. The highest BCUT2D eigenvalue weighted by Crippen LogP contribution is 2.47. The van der Waals surface area contributed by atoms with Crippen LogP contribution in [0.5, 0.6) is 0 Å². The van der Waals surface area contributed by atoms with Crippen LogP contribution in [0.1, 0.15) is 58.3 Å². The maximum Gasteiger partial charge on any atom is 0.134 e. The summed E-state index contributed by atoms with van der Waals surface area (Å²) >= 11 is 0. The van der Waals surface area contributed by atoms with Crippen molar-refractivity contribution >= 4 is 11.0 Å². The molecule has 21 heavy (non-hydrogen) atoms. The number of fused-ring (bicyclic) bond motifs is 1. The molecule has 1 aliphatic rings. The topological polar surface area (TPSA) is 25.2 Å². The fourth-order valence-corrected chi connectivity index (χ4v) is 3.96. The number of benzene rings is 1. The third kappa shape index (κ3) is 2.87. The van der Waals surface area contributed by atoms with E-state index in [4.69, 9.17) is 4.42 Å². The summed E-state index contributed by atoms with van der Waals surface area (Å²) in [5.74, 6) is 1.75. The molecule has 3 rings (SSSR count). The van der Waals surface area contributed by atoms with Crippen molar-refractivity contribution in [2.75, 3.05) is 6.54 Å². The van der Waals surface area contributed by atoms with E-state index in [1.807, 2.05) is 6.07 Å². The summed E-state index contributed by atoms with van der Waals surface area (Å²) < 4.78 is 6.17. The van der Waals surface area contributed by atoms with Gasteiger partial charge in [0.2, 0.25) is 0 Å². The predicted molar refractivity (Wildman–Crippen MR) is 88.4 cm³/mol. The van der Waals surface area contributed by atoms with Gasteiger partial charge in [-0.1, -0.05) is 51.8 Å². The average Bonchev–Trinajstić information content (AvgIpc) is 2.88. The number of nitrogens with one attached hydrogen (secondary N) is 1. The Morgan fingerprint density at radius 3 is 2.81 bits per heavy atom. The van der Waals surface area contributed by atoms with Gasteiger partial charge in [0.05, 0.1) is 6.04 Å². The van der Waals surface area contributed by atoms with Crippen LogP contribution in [0.2, 0.25) is 0 Å². The Labute approximate surface area is 127 Å². The van der Waals surface area contributed by atoms with Gasteiger partial charge in [0.25, 0.3) is 0 Å². The van der Waals surface area contributed by atoms with E-state index in [-0.39, 0.29) is 0 Å². The van der Waals surface area contributed by atoms with Gasteiger partial charge in [-0.3, -0.25) is 0 Å². The quantitative estimate of drug-likeness (QED) is 0.824. The number of rotatable bonds is 4. The van der Waals surface area contributed by atoms with Crippen molar-refractivity contribution < 1.29 is 4.42 Å². The Hall–Kier alpha value is -1.28. The second-order valence-corrected chi connectivity index (χ2v) is 7.06. The molecule has 1 aliphatic carbocycles. The first kappa shape index (κ1) is 14.6. The third-order valence-electron chi connectivity index (χ3n) is 5.17. The maximum atomic E-state index is 6.17. The van der Waals surface area contributed by atoms with Crippen molar-refractivity contribution in [1.82, 2.24) is 5.32 Å². The van der Waals surface area contributed by atoms with Gasteiger partial charge in [-0.15, -0.1) is 0 Å². The van der Waals surface area contributed by atoms with Gasteiger partial charge < -0.3 is 9.73 Å². The van der Waals surface area contributed by atoms with Crippen LogP contribution in [0.4, 0.5) is 0 Å². The van der Waals surface area contributed by atoms with Gasteiger partial charge in [-0.2, -0.15) is 0 Å². The maximum absolute atomic E-state index is 6.17. The summed E-state index contributed by atoms with van der Waals surface area (Å²) in [5, 5.41) is 4.90. The minimum absolute atomic E-state index is 0.331. The lowest BCUT2D eigenvalue weighted by Crippen LogP contribution is -2.38. The third-order valence-corrected chi connectivity index (χ3v) is 5.17. The second kappa shape index (κ2) is 5.84. The van der Waals surface area contributed by atoms with Gasteiger partial charge in [0.1, 0.15) is 11.3 Å². The van der Waals surface area contributed by atoms with E-state index in [1.165, 1.54) is 31.1 Å². The van der Waals surface area contributed by atoms with Crippen LogP contribution in [-0.4, -0.2) is 6.54 Å². The van der Waals surface area contributed by atoms with E-state index in [9.17, 15) is 0 Å². The van der Waals surface area contributed by atoms with Crippen LogP contribution in [0.3, 0.4) is 0 Å². The highest BCUT2D eigenvalue weighted by atomic mass is 16.3. The van der Waals surface area contributed by atoms with E-state index in [0.717, 1.165) is 17.9 Å². The smallest absolute Gasteiger partial charge is 0.134 e. The first-order valence-corrected chi connectivity index (χ1v) is 8.33. The molecule has 2 nitrogen and oxygen atoms in total. The largest absolute Gasteiger partial charge is 0.459 e. The molecule has 114 valence electrons. The number of furan rings is 1. The fourth-order valence-electron chi connectivity index (χ4n) is 3.96. The van der Waals surface area contributed by atoms with E-state index in [2.05, 4.69) is 50.4 Å². The molecule has 2 heteroatoms. The average molecular weight is 285 g/mol. The zero-order valence-electron chi connectivity index (χ0n) is 13.5. The minimum Gasteiger partial charge on any atom is -0.459 e. The standard InChI is InChI=1S/C19H27NO/c1-4-20-18(15-10-7-8-12-19(15,2)3)17-13-14-9-5-6-11-16(14)21-17/h5-6,9,11,13,15,18,20H,4,7-8,10,12H2,1-3H3. The highest BCUT2D eigenvalue weighted by molar-refractivity contribution is 5.77. The molecule has 2 aromatic rings. The van der Waals surface area contributed by atoms with Crippen molar-refractivity contribution in [3.05, 3.63) is 36.1 Å². The molecule has 1 aromatic heterocycles. The lowest BCUT2D eigenvalue weighted by molar-refractivity contribution is 0.0907. The van der Waals surface area contributed by atoms with Crippen molar-refractivity contribution in [2.45, 2.75) is 52.5 Å². The van der Waals surface area contributed by atoms with Crippen molar-refractivity contribution in [3.8, 4) is 0 Å². The Morgan fingerprint density at radius 1 is 1.29 bits per heavy atom. The fraction of sp³-hybridized carbons (Fsp3) is 0.579. The molecule has 1 aromatic carbocycles. The normalized spacial score (nSPS) is 23.3. The van der Waals surface area contributed by atoms with Gasteiger partial charge in [0.15, 0.2) is 0 Å². The van der Waals surface area contributed by atoms with Gasteiger partial charge in [-0.25, -0.2) is 0 Å². The van der Waals surface area contributed by atoms with Gasteiger partial charge in [-0.05, 0) is 42.9 Å². The molecule has 0 amide bonds. The first-order valence-electron chi connectivity index (χ1n) is 8.33. The van der Waals surface area contributed by atoms with Crippen molar-refractivity contribution in [2.24, 2.45) is 11.3 Å². The molecule has 1 heterocycles. The summed E-state index contributed by atoms with van der Waals surface area (Å²) in [7, 11) is 0. The number of hydrogen-bond acceptors (Lipinski definition) is 2. The molecule has 0 spiro atoms. The van der Waals surface area contributed by atoms with E-state index in [1.54, 1.807) is 0 Å². The Balaban J connectivity index is 1.96. The van der Waals surface area contributed by atoms with Gasteiger partial charge >= 0.3 is 0 Å². The number of para-hydroxylation sites is 1. The Bertz CT molecular complexity index is 565. The van der Waals surface area contributed by atoms with Crippen molar-refractivity contribution in [1.29, 1.82) is 0 Å². The molecule has 0 saturated heterocycles. The Kier molecular flexibility index (Phi) is 4.08. The second-order valence-electron chi connectivity index (χ2n) is 7.06. The number of hydrogen-bond donors (Lipinski definition) is 1. The molecule has 0 bridgehead atoms. The monoisotopic (exact) mass is 285 g/mol. The van der Waals surface area contributed by atoms with Crippen LogP contribution < -0.4 is 5.32 Å². The summed E-state index contributed by atoms with van der Waals surface area (Å²) in [4.78, 5) is 0. The van der Waals surface area contributed by atoms with Crippen LogP contribution >= 0.6 is 0 Å². The Morgan fingerprint density at radius 2 is 2.10 bits per heavy atom. The first-order chi connectivity index (χ1) is 10.1. The van der Waals surface area contributed by atoms with Crippen LogP contribution in [0, 0.1) is 11.3 Å². The van der Waals surface area contributed by atoms with Crippen LogP contribution in [-0.2, 0) is 0 Å². The summed E-state index contributed by atoms with van der Waals surface area (Å²) in [5.41, 5.74) is 1.38. The zero-order chi connectivity index (χ0) is 14.9.